The van der Waals surface area contributed by atoms with Crippen LogP contribution in [0.15, 0.2) is 36.4 Å². The second-order valence-electron chi connectivity index (χ2n) is 7.76. The van der Waals surface area contributed by atoms with E-state index >= 15 is 0 Å². The van der Waals surface area contributed by atoms with Crippen molar-refractivity contribution in [2.75, 3.05) is 0 Å². The summed E-state index contributed by atoms with van der Waals surface area (Å²) < 4.78 is 0. The first-order valence-electron chi connectivity index (χ1n) is 10.9. The number of fused-ring (bicyclic) bond motifs is 1. The van der Waals surface area contributed by atoms with Crippen molar-refractivity contribution in [3.63, 3.8) is 0 Å². The van der Waals surface area contributed by atoms with E-state index in [0.717, 1.165) is 30.3 Å². The Morgan fingerprint density at radius 3 is 2.18 bits per heavy atom. The molecule has 3 rings (SSSR count). The fraction of sp³-hybridized carbons (Fsp3) is 0.500. The van der Waals surface area contributed by atoms with Crippen molar-refractivity contribution < 1.29 is 5.11 Å². The van der Waals surface area contributed by atoms with E-state index in [-0.39, 0.29) is 5.75 Å². The Bertz CT molecular complexity index is 885. The van der Waals surface area contributed by atoms with E-state index in [1.807, 2.05) is 18.2 Å². The maximum Gasteiger partial charge on any atom is 0.143 e. The summed E-state index contributed by atoms with van der Waals surface area (Å²) in [5, 5.41) is 19.5. The fourth-order valence-electron chi connectivity index (χ4n) is 3.68. The number of hydrogen-bond acceptors (Lipinski definition) is 3. The number of aromatic hydroxyl groups is 1. The monoisotopic (exact) mass is 379 g/mol. The van der Waals surface area contributed by atoms with E-state index in [4.69, 9.17) is 0 Å². The number of benzene rings is 2. The van der Waals surface area contributed by atoms with Crippen LogP contribution >= 0.6 is 0 Å². The molecule has 0 aliphatic carbocycles. The van der Waals surface area contributed by atoms with Crippen LogP contribution in [0.2, 0.25) is 0 Å². The average Bonchev–Trinajstić information content (AvgIpc) is 3.12. The Morgan fingerprint density at radius 1 is 0.714 bits per heavy atom. The number of unbranched alkanes of at least 4 members (excludes halogenated alkanes) is 6. The predicted molar refractivity (Wildman–Crippen MR) is 116 cm³/mol. The van der Waals surface area contributed by atoms with Gasteiger partial charge in [0.1, 0.15) is 22.5 Å². The summed E-state index contributed by atoms with van der Waals surface area (Å²) in [6.07, 6.45) is 12.3. The maximum absolute atomic E-state index is 10.3. The maximum atomic E-state index is 10.3. The second-order valence-corrected chi connectivity index (χ2v) is 7.76. The number of aryl methyl sites for hydroxylation is 2. The lowest BCUT2D eigenvalue weighted by Crippen LogP contribution is -2.00. The van der Waals surface area contributed by atoms with Crippen molar-refractivity contribution in [3.8, 4) is 11.4 Å². The number of phenolic OH excluding ortho intramolecular Hbond substituents is 1. The SMILES string of the molecule is CCCCCCCCCc1ccc(O)c(-n2nc3ccc(CCC)cc3n2)c1. The molecule has 4 nitrogen and oxygen atoms in total. The molecule has 1 N–H and O–H groups in total. The molecule has 0 radical (unpaired) electrons. The Hall–Kier alpha value is -2.36. The van der Waals surface area contributed by atoms with Crippen LogP contribution in [0, 0.1) is 0 Å². The van der Waals surface area contributed by atoms with Crippen LogP contribution in [0.25, 0.3) is 16.7 Å². The molecule has 0 saturated heterocycles. The third-order valence-electron chi connectivity index (χ3n) is 5.31. The van der Waals surface area contributed by atoms with Crippen LogP contribution in [0.1, 0.15) is 76.3 Å². The van der Waals surface area contributed by atoms with Gasteiger partial charge in [-0.25, -0.2) is 0 Å². The molecule has 150 valence electrons. The molecule has 1 aromatic heterocycles. The van der Waals surface area contributed by atoms with Crippen LogP contribution < -0.4 is 0 Å². The highest BCUT2D eigenvalue weighted by Gasteiger charge is 2.10. The molecule has 0 saturated carbocycles. The molecule has 0 atom stereocenters. The highest BCUT2D eigenvalue weighted by atomic mass is 16.3. The van der Waals surface area contributed by atoms with Gasteiger partial charge in [0.2, 0.25) is 0 Å². The van der Waals surface area contributed by atoms with E-state index < -0.39 is 0 Å². The second kappa shape index (κ2) is 10.3. The number of phenols is 1. The number of hydrogen-bond donors (Lipinski definition) is 1. The standard InChI is InChI=1S/C24H33N3O/c1-3-5-6-7-8-9-10-12-20-14-16-24(28)23(18-20)27-25-21-15-13-19(11-4-2)17-22(21)26-27/h13-18,28H,3-12H2,1-2H3. The summed E-state index contributed by atoms with van der Waals surface area (Å²) in [6.45, 7) is 4.43. The third kappa shape index (κ3) is 5.34. The topological polar surface area (TPSA) is 50.9 Å². The highest BCUT2D eigenvalue weighted by molar-refractivity contribution is 5.75. The fourth-order valence-corrected chi connectivity index (χ4v) is 3.68. The van der Waals surface area contributed by atoms with Gasteiger partial charge in [-0.1, -0.05) is 70.9 Å². The molecule has 0 aliphatic heterocycles. The van der Waals surface area contributed by atoms with Gasteiger partial charge in [-0.2, -0.15) is 0 Å². The summed E-state index contributed by atoms with van der Waals surface area (Å²) in [5.41, 5.74) is 4.90. The molecule has 3 aromatic rings. The molecular weight excluding hydrogens is 346 g/mol. The Labute approximate surface area is 168 Å². The summed E-state index contributed by atoms with van der Waals surface area (Å²) in [4.78, 5) is 1.57. The van der Waals surface area contributed by atoms with Crippen molar-refractivity contribution in [2.45, 2.75) is 78.1 Å². The van der Waals surface area contributed by atoms with Crippen LogP contribution in [-0.2, 0) is 12.8 Å². The summed E-state index contributed by atoms with van der Waals surface area (Å²) in [5.74, 6) is 0.220. The van der Waals surface area contributed by atoms with Crippen molar-refractivity contribution in [1.82, 2.24) is 15.0 Å². The van der Waals surface area contributed by atoms with Crippen LogP contribution in [0.4, 0.5) is 0 Å². The van der Waals surface area contributed by atoms with Gasteiger partial charge >= 0.3 is 0 Å². The predicted octanol–water partition coefficient (Wildman–Crippen LogP) is 6.37. The van der Waals surface area contributed by atoms with E-state index in [2.05, 4.69) is 36.2 Å². The van der Waals surface area contributed by atoms with Crippen LogP contribution in [-0.4, -0.2) is 20.1 Å². The van der Waals surface area contributed by atoms with Gasteiger partial charge in [-0.15, -0.1) is 15.0 Å². The average molecular weight is 380 g/mol. The van der Waals surface area contributed by atoms with Gasteiger partial charge in [-0.3, -0.25) is 0 Å². The zero-order chi connectivity index (χ0) is 19.8. The molecule has 0 aliphatic rings. The minimum Gasteiger partial charge on any atom is -0.506 e. The normalized spacial score (nSPS) is 11.4. The largest absolute Gasteiger partial charge is 0.506 e. The van der Waals surface area contributed by atoms with Gasteiger partial charge in [0.05, 0.1) is 0 Å². The van der Waals surface area contributed by atoms with Gasteiger partial charge < -0.3 is 5.11 Å². The van der Waals surface area contributed by atoms with E-state index in [1.54, 1.807) is 10.9 Å². The molecule has 0 spiro atoms. The smallest absolute Gasteiger partial charge is 0.143 e. The van der Waals surface area contributed by atoms with Crippen LogP contribution in [0.3, 0.4) is 0 Å². The number of nitrogens with zero attached hydrogens (tertiary/aromatic N) is 3. The quantitative estimate of drug-likeness (QED) is 0.394. The lowest BCUT2D eigenvalue weighted by molar-refractivity contribution is 0.467. The molecule has 28 heavy (non-hydrogen) atoms. The Kier molecular flexibility index (Phi) is 7.46. The summed E-state index contributed by atoms with van der Waals surface area (Å²) in [7, 11) is 0. The number of aromatic nitrogens is 3. The summed E-state index contributed by atoms with van der Waals surface area (Å²) >= 11 is 0. The lowest BCUT2D eigenvalue weighted by Gasteiger charge is -2.07. The van der Waals surface area contributed by atoms with Crippen molar-refractivity contribution in [2.24, 2.45) is 0 Å². The zero-order valence-corrected chi connectivity index (χ0v) is 17.3. The Balaban J connectivity index is 1.66. The van der Waals surface area contributed by atoms with Gasteiger partial charge in [0.15, 0.2) is 0 Å². The van der Waals surface area contributed by atoms with Crippen molar-refractivity contribution in [3.05, 3.63) is 47.5 Å². The zero-order valence-electron chi connectivity index (χ0n) is 17.3. The van der Waals surface area contributed by atoms with E-state index in [0.29, 0.717) is 5.69 Å². The van der Waals surface area contributed by atoms with Gasteiger partial charge in [0.25, 0.3) is 0 Å². The first-order valence-corrected chi connectivity index (χ1v) is 10.9. The molecule has 0 amide bonds. The molecule has 0 bridgehead atoms. The molecule has 0 unspecified atom stereocenters. The first kappa shape index (κ1) is 20.4. The van der Waals surface area contributed by atoms with Crippen LogP contribution in [0.5, 0.6) is 5.75 Å². The molecular formula is C24H33N3O. The van der Waals surface area contributed by atoms with E-state index in [1.165, 1.54) is 56.1 Å². The summed E-state index contributed by atoms with van der Waals surface area (Å²) in [6, 6.07) is 12.0. The molecule has 1 heterocycles. The Morgan fingerprint density at radius 2 is 1.39 bits per heavy atom. The highest BCUT2D eigenvalue weighted by Crippen LogP contribution is 2.24. The number of rotatable bonds is 11. The lowest BCUT2D eigenvalue weighted by atomic mass is 10.0. The molecule has 4 heteroatoms. The van der Waals surface area contributed by atoms with Gasteiger partial charge in [0, 0.05) is 0 Å². The molecule has 0 fully saturated rings. The first-order chi connectivity index (χ1) is 13.7. The third-order valence-corrected chi connectivity index (χ3v) is 5.31. The minimum absolute atomic E-state index is 0.220. The van der Waals surface area contributed by atoms with E-state index in [9.17, 15) is 5.11 Å². The van der Waals surface area contributed by atoms with Crippen molar-refractivity contribution in [1.29, 1.82) is 0 Å². The van der Waals surface area contributed by atoms with Gasteiger partial charge in [-0.05, 0) is 54.7 Å². The minimum atomic E-state index is 0.220. The molecule has 2 aromatic carbocycles. The van der Waals surface area contributed by atoms with Crippen molar-refractivity contribution >= 4 is 11.0 Å².